The largest absolute Gasteiger partial charge is 0.530 e. The lowest BCUT2D eigenvalue weighted by atomic mass is 9.74. The molecule has 0 aliphatic rings. The summed E-state index contributed by atoms with van der Waals surface area (Å²) in [5.74, 6) is 6.92. The topological polar surface area (TPSA) is 102 Å². The van der Waals surface area contributed by atoms with Gasteiger partial charge in [0.15, 0.2) is 0 Å². The summed E-state index contributed by atoms with van der Waals surface area (Å²) in [6, 6.07) is 27.1. The first-order valence-corrected chi connectivity index (χ1v) is 27.5. The summed E-state index contributed by atoms with van der Waals surface area (Å²) in [7, 11) is 2.04. The third kappa shape index (κ3) is 14.1. The minimum atomic E-state index is -2.28. The second-order valence-corrected chi connectivity index (χ2v) is 25.0. The first-order valence-electron chi connectivity index (χ1n) is 25.3. The van der Waals surface area contributed by atoms with Gasteiger partial charge in [-0.25, -0.2) is 0 Å². The molecule has 0 aliphatic carbocycles. The van der Waals surface area contributed by atoms with Crippen LogP contribution < -0.4 is 50.8 Å². The van der Waals surface area contributed by atoms with Gasteiger partial charge in [-0.05, 0) is 191 Å². The highest BCUT2D eigenvalue weighted by molar-refractivity contribution is 7.43. The molecule has 0 saturated carbocycles. The fourth-order valence-corrected chi connectivity index (χ4v) is 11.0. The van der Waals surface area contributed by atoms with Crippen molar-refractivity contribution in [1.82, 2.24) is 0 Å². The molecule has 404 valence electrons. The Kier molecular flexibility index (Phi) is 17.9. The van der Waals surface area contributed by atoms with Crippen LogP contribution in [0.3, 0.4) is 0 Å². The molecule has 0 aliphatic heterocycles. The molecule has 6 rings (SSSR count). The zero-order valence-corrected chi connectivity index (χ0v) is 50.3. The van der Waals surface area contributed by atoms with Crippen molar-refractivity contribution in [1.29, 1.82) is 0 Å². The fourth-order valence-electron chi connectivity index (χ4n) is 8.60. The van der Waals surface area contributed by atoms with E-state index >= 15 is 0 Å². The van der Waals surface area contributed by atoms with Crippen molar-refractivity contribution in [3.05, 3.63) is 135 Å². The van der Waals surface area contributed by atoms with Crippen LogP contribution in [0.4, 0.5) is 0 Å². The fraction of sp³-hybridized carbons (Fsp3) is 0.419. The van der Waals surface area contributed by atoms with Crippen LogP contribution in [0.2, 0.25) is 0 Å². The number of hydrogen-bond acceptors (Lipinski definition) is 11. The summed E-state index contributed by atoms with van der Waals surface area (Å²) >= 11 is 0. The number of aryl methyl sites for hydroxylation is 4. The van der Waals surface area contributed by atoms with Crippen LogP contribution in [-0.4, -0.2) is 34.0 Å². The van der Waals surface area contributed by atoms with Gasteiger partial charge in [0.05, 0.1) is 28.4 Å². The number of benzene rings is 6. The Hall–Kier alpha value is -6.02. The molecule has 75 heavy (non-hydrogen) atoms. The van der Waals surface area contributed by atoms with Crippen molar-refractivity contribution in [2.24, 2.45) is 0 Å². The number of rotatable bonds is 18. The van der Waals surface area contributed by atoms with Crippen molar-refractivity contribution in [2.75, 3.05) is 28.4 Å². The number of methoxy groups -OCH3 is 4. The number of hydrogen-bond donors (Lipinski definition) is 0. The van der Waals surface area contributed by atoms with Crippen molar-refractivity contribution in [3.8, 4) is 74.4 Å². The van der Waals surface area contributed by atoms with Crippen LogP contribution in [0.15, 0.2) is 84.9 Å². The van der Waals surface area contributed by atoms with Gasteiger partial charge in [0.2, 0.25) is 0 Å². The van der Waals surface area contributed by atoms with Crippen molar-refractivity contribution >= 4 is 17.2 Å². The van der Waals surface area contributed by atoms with Crippen LogP contribution >= 0.6 is 17.2 Å². The van der Waals surface area contributed by atoms with Gasteiger partial charge in [-0.15, -0.1) is 0 Å². The molecule has 0 fully saturated rings. The van der Waals surface area contributed by atoms with Gasteiger partial charge in [-0.1, -0.05) is 68.4 Å². The van der Waals surface area contributed by atoms with E-state index in [1.54, 1.807) is 28.4 Å². The molecule has 13 heteroatoms. The molecule has 0 heterocycles. The lowest BCUT2D eigenvalue weighted by Gasteiger charge is -2.35. The summed E-state index contributed by atoms with van der Waals surface area (Å²) in [6.07, 6.45) is 0. The molecular weight excluding hydrogens is 983 g/mol. The molecule has 6 aromatic rings. The molecule has 0 unspecified atom stereocenters. The predicted octanol–water partition coefficient (Wildman–Crippen LogP) is 17.8. The standard InChI is InChI=1S/C62H80O11P2/c1-37-31-43(63-19)23-27-50(37)68-74(69-51-28-24-44(64-20)32-38(51)2)72-57-48(60(10,11)12)35-47(59(7,8)9)41(5)55(57)56-42(6)54(67-62(16,17)18)36-49(61(13,14)15)58(56)73-75(70-52-29-25-45(65-21)33-39(52)3)71-53-30-26-46(66-22)34-40(53)4/h23-36H,1-22H3. The molecule has 0 amide bonds. The molecule has 0 N–H and O–H groups in total. The molecule has 0 atom stereocenters. The van der Waals surface area contributed by atoms with Gasteiger partial charge in [0, 0.05) is 27.8 Å². The highest BCUT2D eigenvalue weighted by Crippen LogP contribution is 2.59. The smallest absolute Gasteiger partial charge is 0.497 e. The van der Waals surface area contributed by atoms with Crippen LogP contribution in [-0.2, 0) is 16.2 Å². The minimum absolute atomic E-state index is 0.326. The van der Waals surface area contributed by atoms with E-state index in [1.807, 2.05) is 100 Å². The Morgan fingerprint density at radius 3 is 0.880 bits per heavy atom. The van der Waals surface area contributed by atoms with Gasteiger partial charge >= 0.3 is 17.2 Å². The van der Waals surface area contributed by atoms with Gasteiger partial charge in [0.25, 0.3) is 0 Å². The Labute approximate surface area is 450 Å². The second kappa shape index (κ2) is 23.1. The van der Waals surface area contributed by atoms with E-state index in [0.29, 0.717) is 63.2 Å². The van der Waals surface area contributed by atoms with Crippen LogP contribution in [0.25, 0.3) is 11.1 Å². The van der Waals surface area contributed by atoms with Crippen molar-refractivity contribution in [3.63, 3.8) is 0 Å². The SMILES string of the molecule is COc1ccc(OP(Oc2ccc(OC)cc2C)Oc2c(C(C)(C)C)cc(OC(C)(C)C)c(C)c2-c2c(C)c(C(C)(C)C)cc(C(C)(C)C)c2OP(Oc2ccc(OC)cc2C)Oc2ccc(OC)cc2C)c(C)c1. The van der Waals surface area contributed by atoms with Crippen LogP contribution in [0.1, 0.15) is 133 Å². The maximum atomic E-state index is 7.57. The summed E-state index contributed by atoms with van der Waals surface area (Å²) < 4.78 is 72.4. The molecular formula is C62H80O11P2. The van der Waals surface area contributed by atoms with E-state index in [1.165, 1.54) is 0 Å². The minimum Gasteiger partial charge on any atom is -0.497 e. The third-order valence-corrected chi connectivity index (χ3v) is 14.7. The molecule has 0 saturated heterocycles. The molecule has 0 spiro atoms. The average molecular weight is 1060 g/mol. The van der Waals surface area contributed by atoms with E-state index in [-0.39, 0.29) is 5.41 Å². The van der Waals surface area contributed by atoms with Gasteiger partial charge < -0.3 is 50.8 Å². The number of ether oxygens (including phenoxy) is 5. The summed E-state index contributed by atoms with van der Waals surface area (Å²) in [5.41, 5.74) is 7.73. The van der Waals surface area contributed by atoms with E-state index in [0.717, 1.165) is 61.2 Å². The maximum Gasteiger partial charge on any atom is 0.530 e. The average Bonchev–Trinajstić information content (AvgIpc) is 3.31. The van der Waals surface area contributed by atoms with Crippen LogP contribution in [0, 0.1) is 41.5 Å². The third-order valence-electron chi connectivity index (χ3n) is 12.7. The summed E-state index contributed by atoms with van der Waals surface area (Å²) in [5, 5.41) is 0. The Bertz CT molecular complexity index is 2880. The highest BCUT2D eigenvalue weighted by atomic mass is 31.2. The Morgan fingerprint density at radius 2 is 0.613 bits per heavy atom. The molecule has 0 bridgehead atoms. The first-order chi connectivity index (χ1) is 35.0. The molecule has 0 aromatic heterocycles. The van der Waals surface area contributed by atoms with E-state index in [2.05, 4.69) is 109 Å². The quantitative estimate of drug-likeness (QED) is 0.0769. The maximum absolute atomic E-state index is 7.57. The monoisotopic (exact) mass is 1060 g/mol. The van der Waals surface area contributed by atoms with Crippen molar-refractivity contribution < 1.29 is 50.8 Å². The van der Waals surface area contributed by atoms with E-state index in [4.69, 9.17) is 50.8 Å². The predicted molar refractivity (Wildman–Crippen MR) is 306 cm³/mol. The van der Waals surface area contributed by atoms with E-state index < -0.39 is 33.6 Å². The Morgan fingerprint density at radius 1 is 0.320 bits per heavy atom. The molecule has 6 aromatic carbocycles. The van der Waals surface area contributed by atoms with Gasteiger partial charge in [-0.2, -0.15) is 0 Å². The van der Waals surface area contributed by atoms with Gasteiger partial charge in [0.1, 0.15) is 68.8 Å². The lowest BCUT2D eigenvalue weighted by molar-refractivity contribution is 0.129. The normalized spacial score (nSPS) is 12.1. The zero-order valence-electron chi connectivity index (χ0n) is 48.5. The second-order valence-electron chi connectivity index (χ2n) is 23.0. The summed E-state index contributed by atoms with van der Waals surface area (Å²) in [6.45, 7) is 38.2. The molecule has 0 radical (unpaired) electrons. The Balaban J connectivity index is 1.76. The lowest BCUT2D eigenvalue weighted by Crippen LogP contribution is -2.25. The first kappa shape index (κ1) is 58.2. The van der Waals surface area contributed by atoms with Crippen LogP contribution in [0.5, 0.6) is 63.2 Å². The summed E-state index contributed by atoms with van der Waals surface area (Å²) in [4.78, 5) is 0. The van der Waals surface area contributed by atoms with Gasteiger partial charge in [-0.3, -0.25) is 0 Å². The zero-order chi connectivity index (χ0) is 55.5. The molecule has 11 nitrogen and oxygen atoms in total. The van der Waals surface area contributed by atoms with E-state index in [9.17, 15) is 0 Å². The van der Waals surface area contributed by atoms with Crippen molar-refractivity contribution in [2.45, 2.75) is 146 Å². The highest BCUT2D eigenvalue weighted by Gasteiger charge is 2.39.